The Bertz CT molecular complexity index is 163. The highest BCUT2D eigenvalue weighted by molar-refractivity contribution is 5.24. The molecule has 0 saturated heterocycles. The lowest BCUT2D eigenvalue weighted by atomic mass is 10.6. The smallest absolute Gasteiger partial charge is 0.144 e. The Balaban J connectivity index is 3.23. The second kappa shape index (κ2) is 7.04. The SMILES string of the molecule is CC#CC#CCOOC. The number of hydrogen-bond acceptors (Lipinski definition) is 2. The number of rotatable bonds is 2. The van der Waals surface area contributed by atoms with Crippen LogP contribution in [0.2, 0.25) is 0 Å². The van der Waals surface area contributed by atoms with Crippen LogP contribution in [0.25, 0.3) is 0 Å². The first kappa shape index (κ1) is 8.04. The molecule has 0 spiro atoms. The lowest BCUT2D eigenvalue weighted by molar-refractivity contribution is -0.261. The zero-order chi connectivity index (χ0) is 6.95. The molecular weight excluding hydrogens is 116 g/mol. The summed E-state index contributed by atoms with van der Waals surface area (Å²) in [6.07, 6.45) is 0. The van der Waals surface area contributed by atoms with Crippen molar-refractivity contribution in [3.63, 3.8) is 0 Å². The van der Waals surface area contributed by atoms with Crippen LogP contribution in [0.5, 0.6) is 0 Å². The quantitative estimate of drug-likeness (QED) is 0.232. The highest BCUT2D eigenvalue weighted by Crippen LogP contribution is 1.67. The molecule has 0 saturated carbocycles. The van der Waals surface area contributed by atoms with Gasteiger partial charge in [0.1, 0.15) is 6.61 Å². The van der Waals surface area contributed by atoms with Gasteiger partial charge in [0, 0.05) is 0 Å². The van der Waals surface area contributed by atoms with Gasteiger partial charge in [0.05, 0.1) is 7.11 Å². The number of hydrogen-bond donors (Lipinski definition) is 0. The maximum atomic E-state index is 4.44. The van der Waals surface area contributed by atoms with Crippen molar-refractivity contribution in [2.45, 2.75) is 6.92 Å². The fourth-order valence-corrected chi connectivity index (χ4v) is 0.231. The molecule has 0 aliphatic heterocycles. The van der Waals surface area contributed by atoms with Crippen LogP contribution in [0, 0.1) is 23.7 Å². The van der Waals surface area contributed by atoms with Crippen LogP contribution in [0.1, 0.15) is 6.92 Å². The first-order valence-corrected chi connectivity index (χ1v) is 2.47. The molecule has 0 bridgehead atoms. The van der Waals surface area contributed by atoms with Crippen molar-refractivity contribution >= 4 is 0 Å². The first-order valence-electron chi connectivity index (χ1n) is 2.47. The average Bonchev–Trinajstić information content (AvgIpc) is 1.89. The Kier molecular flexibility index (Phi) is 6.29. The molecule has 0 fully saturated rings. The summed E-state index contributed by atoms with van der Waals surface area (Å²) in [5.41, 5.74) is 0. The normalized spacial score (nSPS) is 6.44. The fraction of sp³-hybridized carbons (Fsp3) is 0.429. The summed E-state index contributed by atoms with van der Waals surface area (Å²) in [5, 5.41) is 0. The van der Waals surface area contributed by atoms with Gasteiger partial charge in [0.15, 0.2) is 0 Å². The minimum absolute atomic E-state index is 0.269. The molecule has 0 aliphatic carbocycles. The van der Waals surface area contributed by atoms with E-state index in [0.29, 0.717) is 0 Å². The monoisotopic (exact) mass is 124 g/mol. The van der Waals surface area contributed by atoms with Gasteiger partial charge in [0.25, 0.3) is 0 Å². The van der Waals surface area contributed by atoms with E-state index < -0.39 is 0 Å². The summed E-state index contributed by atoms with van der Waals surface area (Å²) in [5.74, 6) is 10.4. The van der Waals surface area contributed by atoms with Crippen LogP contribution in [-0.2, 0) is 9.78 Å². The van der Waals surface area contributed by atoms with Crippen LogP contribution >= 0.6 is 0 Å². The van der Waals surface area contributed by atoms with Gasteiger partial charge in [-0.15, -0.1) is 0 Å². The van der Waals surface area contributed by atoms with Gasteiger partial charge in [0.2, 0.25) is 0 Å². The lowest BCUT2D eigenvalue weighted by Gasteiger charge is -1.86. The van der Waals surface area contributed by atoms with Gasteiger partial charge in [-0.25, -0.2) is 9.78 Å². The van der Waals surface area contributed by atoms with Gasteiger partial charge >= 0.3 is 0 Å². The lowest BCUT2D eigenvalue weighted by Crippen LogP contribution is -1.87. The van der Waals surface area contributed by atoms with E-state index in [1.165, 1.54) is 7.11 Å². The maximum Gasteiger partial charge on any atom is 0.144 e. The van der Waals surface area contributed by atoms with E-state index >= 15 is 0 Å². The molecular formula is C7H8O2. The average molecular weight is 124 g/mol. The van der Waals surface area contributed by atoms with Crippen molar-refractivity contribution in [3.8, 4) is 23.7 Å². The summed E-state index contributed by atoms with van der Waals surface area (Å²) in [6.45, 7) is 2.00. The largest absolute Gasteiger partial charge is 0.239 e. The third-order valence-electron chi connectivity index (χ3n) is 0.525. The minimum Gasteiger partial charge on any atom is -0.239 e. The molecule has 0 aromatic rings. The first-order chi connectivity index (χ1) is 4.41. The van der Waals surface area contributed by atoms with Crippen molar-refractivity contribution < 1.29 is 9.78 Å². The Hall–Kier alpha value is -0.960. The third-order valence-corrected chi connectivity index (χ3v) is 0.525. The second-order valence-corrected chi connectivity index (χ2v) is 1.11. The molecule has 0 radical (unpaired) electrons. The molecule has 0 aromatic heterocycles. The van der Waals surface area contributed by atoms with E-state index in [4.69, 9.17) is 0 Å². The van der Waals surface area contributed by atoms with Crippen LogP contribution in [0.4, 0.5) is 0 Å². The van der Waals surface area contributed by atoms with Crippen molar-refractivity contribution in [1.82, 2.24) is 0 Å². The maximum absolute atomic E-state index is 4.44. The van der Waals surface area contributed by atoms with Gasteiger partial charge in [-0.05, 0) is 18.8 Å². The Morgan fingerprint density at radius 3 is 2.67 bits per heavy atom. The highest BCUT2D eigenvalue weighted by Gasteiger charge is 1.70. The van der Waals surface area contributed by atoms with E-state index in [1.54, 1.807) is 6.92 Å². The van der Waals surface area contributed by atoms with Crippen LogP contribution in [-0.4, -0.2) is 13.7 Å². The van der Waals surface area contributed by atoms with Crippen LogP contribution < -0.4 is 0 Å². The van der Waals surface area contributed by atoms with Gasteiger partial charge < -0.3 is 0 Å². The zero-order valence-corrected chi connectivity index (χ0v) is 5.52. The van der Waals surface area contributed by atoms with Gasteiger partial charge in [-0.1, -0.05) is 11.8 Å². The summed E-state index contributed by atoms with van der Waals surface area (Å²) in [6, 6.07) is 0. The van der Waals surface area contributed by atoms with Crippen molar-refractivity contribution in [3.05, 3.63) is 0 Å². The van der Waals surface area contributed by atoms with Gasteiger partial charge in [-0.3, -0.25) is 0 Å². The molecule has 0 heterocycles. The molecule has 0 N–H and O–H groups in total. The highest BCUT2D eigenvalue weighted by atomic mass is 17.2. The Morgan fingerprint density at radius 2 is 2.11 bits per heavy atom. The van der Waals surface area contributed by atoms with Crippen molar-refractivity contribution in [2.24, 2.45) is 0 Å². The second-order valence-electron chi connectivity index (χ2n) is 1.11. The van der Waals surface area contributed by atoms with E-state index in [-0.39, 0.29) is 6.61 Å². The molecule has 2 nitrogen and oxygen atoms in total. The van der Waals surface area contributed by atoms with Crippen LogP contribution in [0.3, 0.4) is 0 Å². The predicted octanol–water partition coefficient (Wildman–Crippen LogP) is 0.591. The van der Waals surface area contributed by atoms with Gasteiger partial charge in [-0.2, -0.15) is 0 Å². The standard InChI is InChI=1S/C7H8O2/c1-3-4-5-6-7-9-8-2/h7H2,1-2H3. The summed E-state index contributed by atoms with van der Waals surface area (Å²) in [7, 11) is 1.44. The van der Waals surface area contributed by atoms with E-state index in [1.807, 2.05) is 0 Å². The molecule has 9 heavy (non-hydrogen) atoms. The molecule has 48 valence electrons. The fourth-order valence-electron chi connectivity index (χ4n) is 0.231. The Labute approximate surface area is 55.1 Å². The molecule has 2 heteroatoms. The molecule has 0 unspecified atom stereocenters. The minimum atomic E-state index is 0.269. The van der Waals surface area contributed by atoms with Crippen molar-refractivity contribution in [1.29, 1.82) is 0 Å². The van der Waals surface area contributed by atoms with Crippen LogP contribution in [0.15, 0.2) is 0 Å². The summed E-state index contributed by atoms with van der Waals surface area (Å²) >= 11 is 0. The molecule has 0 aromatic carbocycles. The molecule has 0 atom stereocenters. The molecule has 0 aliphatic rings. The third kappa shape index (κ3) is 7.04. The predicted molar refractivity (Wildman–Crippen MR) is 34.2 cm³/mol. The molecule has 0 rings (SSSR count). The summed E-state index contributed by atoms with van der Waals surface area (Å²) < 4.78 is 0. The zero-order valence-electron chi connectivity index (χ0n) is 5.52. The topological polar surface area (TPSA) is 18.5 Å². The summed E-state index contributed by atoms with van der Waals surface area (Å²) in [4.78, 5) is 8.71. The van der Waals surface area contributed by atoms with Crippen molar-refractivity contribution in [2.75, 3.05) is 13.7 Å². The van der Waals surface area contributed by atoms with E-state index in [2.05, 4.69) is 33.5 Å². The van der Waals surface area contributed by atoms with E-state index in [0.717, 1.165) is 0 Å². The molecule has 0 amide bonds. The van der Waals surface area contributed by atoms with E-state index in [9.17, 15) is 0 Å². The Morgan fingerprint density at radius 1 is 1.33 bits per heavy atom.